The zero-order valence-corrected chi connectivity index (χ0v) is 22.3. The van der Waals surface area contributed by atoms with E-state index in [2.05, 4.69) is 17.4 Å². The molecule has 4 rings (SSSR count). The van der Waals surface area contributed by atoms with E-state index in [0.717, 1.165) is 21.2 Å². The number of nitrogens with zero attached hydrogens (tertiary/aromatic N) is 1. The van der Waals surface area contributed by atoms with E-state index in [0.29, 0.717) is 17.1 Å². The molecule has 0 bridgehead atoms. The third kappa shape index (κ3) is 6.93. The second-order valence-corrected chi connectivity index (χ2v) is 11.3. The summed E-state index contributed by atoms with van der Waals surface area (Å²) in [5.41, 5.74) is 3.03. The Labute approximate surface area is 222 Å². The summed E-state index contributed by atoms with van der Waals surface area (Å²) < 4.78 is 33.4. The highest BCUT2D eigenvalue weighted by atomic mass is 32.2. The van der Waals surface area contributed by atoms with Crippen molar-refractivity contribution in [1.29, 1.82) is 0 Å². The van der Waals surface area contributed by atoms with E-state index in [1.54, 1.807) is 60.3 Å². The Balaban J connectivity index is 1.48. The molecule has 0 saturated heterocycles. The minimum atomic E-state index is -3.99. The van der Waals surface area contributed by atoms with Crippen molar-refractivity contribution in [3.8, 4) is 5.75 Å². The fourth-order valence-corrected chi connectivity index (χ4v) is 5.90. The molecule has 0 aromatic heterocycles. The van der Waals surface area contributed by atoms with Crippen LogP contribution in [0.3, 0.4) is 0 Å². The highest BCUT2D eigenvalue weighted by Gasteiger charge is 2.27. The molecule has 0 radical (unpaired) electrons. The Morgan fingerprint density at radius 1 is 0.865 bits per heavy atom. The molecule has 0 aliphatic heterocycles. The van der Waals surface area contributed by atoms with Gasteiger partial charge in [-0.3, -0.25) is 9.10 Å². The van der Waals surface area contributed by atoms with Crippen LogP contribution in [0.25, 0.3) is 0 Å². The number of sulfonamides is 1. The third-order valence-corrected chi connectivity index (χ3v) is 8.51. The Morgan fingerprint density at radius 2 is 1.51 bits per heavy atom. The minimum Gasteiger partial charge on any atom is -0.497 e. The summed E-state index contributed by atoms with van der Waals surface area (Å²) in [6.07, 6.45) is 0. The summed E-state index contributed by atoms with van der Waals surface area (Å²) in [5.74, 6) is 0.947. The highest BCUT2D eigenvalue weighted by molar-refractivity contribution is 7.98. The monoisotopic (exact) mass is 532 g/mol. The van der Waals surface area contributed by atoms with Crippen molar-refractivity contribution in [2.45, 2.75) is 22.5 Å². The van der Waals surface area contributed by atoms with Gasteiger partial charge in [0, 0.05) is 16.3 Å². The molecule has 0 saturated carbocycles. The number of thioether (sulfide) groups is 1. The molecular formula is C29H28N2O4S2. The first-order valence-corrected chi connectivity index (χ1v) is 14.1. The number of benzene rings is 4. The zero-order chi connectivity index (χ0) is 26.3. The molecule has 0 aliphatic rings. The Morgan fingerprint density at radius 3 is 2.14 bits per heavy atom. The molecule has 0 unspecified atom stereocenters. The van der Waals surface area contributed by atoms with Crippen LogP contribution in [-0.4, -0.2) is 28.0 Å². The normalized spacial score (nSPS) is 11.1. The molecule has 0 spiro atoms. The van der Waals surface area contributed by atoms with Gasteiger partial charge in [0.1, 0.15) is 12.3 Å². The van der Waals surface area contributed by atoms with Crippen LogP contribution in [0, 0.1) is 6.92 Å². The molecule has 4 aromatic carbocycles. The van der Waals surface area contributed by atoms with Crippen LogP contribution in [0.4, 0.5) is 11.4 Å². The van der Waals surface area contributed by atoms with Gasteiger partial charge in [-0.1, -0.05) is 48.0 Å². The largest absolute Gasteiger partial charge is 0.497 e. The Bertz CT molecular complexity index is 1420. The number of hydrogen-bond acceptors (Lipinski definition) is 5. The molecule has 190 valence electrons. The first-order chi connectivity index (χ1) is 17.8. The van der Waals surface area contributed by atoms with Crippen molar-refractivity contribution in [2.24, 2.45) is 0 Å². The lowest BCUT2D eigenvalue weighted by molar-refractivity contribution is -0.114. The fourth-order valence-electron chi connectivity index (χ4n) is 3.60. The lowest BCUT2D eigenvalue weighted by Gasteiger charge is -2.24. The Kier molecular flexibility index (Phi) is 8.53. The van der Waals surface area contributed by atoms with Gasteiger partial charge >= 0.3 is 0 Å². The van der Waals surface area contributed by atoms with E-state index >= 15 is 0 Å². The van der Waals surface area contributed by atoms with Crippen LogP contribution >= 0.6 is 11.8 Å². The zero-order valence-electron chi connectivity index (χ0n) is 20.6. The van der Waals surface area contributed by atoms with Crippen LogP contribution in [-0.2, 0) is 20.6 Å². The van der Waals surface area contributed by atoms with Crippen molar-refractivity contribution >= 4 is 39.1 Å². The van der Waals surface area contributed by atoms with Crippen LogP contribution in [0.5, 0.6) is 5.75 Å². The molecule has 0 fully saturated rings. The average molecular weight is 533 g/mol. The number of carbonyl (C=O) groups excluding carboxylic acids is 1. The summed E-state index contributed by atoms with van der Waals surface area (Å²) in [7, 11) is -2.45. The van der Waals surface area contributed by atoms with E-state index < -0.39 is 15.9 Å². The molecular weight excluding hydrogens is 504 g/mol. The van der Waals surface area contributed by atoms with Crippen LogP contribution in [0.15, 0.2) is 113 Å². The summed E-state index contributed by atoms with van der Waals surface area (Å²) in [4.78, 5) is 14.3. The lowest BCUT2D eigenvalue weighted by atomic mass is 10.2. The van der Waals surface area contributed by atoms with Gasteiger partial charge in [0.05, 0.1) is 17.7 Å². The van der Waals surface area contributed by atoms with Gasteiger partial charge < -0.3 is 10.1 Å². The molecule has 8 heteroatoms. The maximum absolute atomic E-state index is 13.5. The van der Waals surface area contributed by atoms with Crippen LogP contribution < -0.4 is 14.4 Å². The van der Waals surface area contributed by atoms with Crippen molar-refractivity contribution < 1.29 is 17.9 Å². The fraction of sp³-hybridized carbons (Fsp3) is 0.138. The molecule has 0 atom stereocenters. The van der Waals surface area contributed by atoms with E-state index in [1.165, 1.54) is 12.0 Å². The molecule has 0 aliphatic carbocycles. The predicted molar refractivity (Wildman–Crippen MR) is 150 cm³/mol. The second-order valence-electron chi connectivity index (χ2n) is 8.37. The number of nitrogens with one attached hydrogen (secondary N) is 1. The molecule has 0 heterocycles. The van der Waals surface area contributed by atoms with Gasteiger partial charge in [-0.2, -0.15) is 0 Å². The summed E-state index contributed by atoms with van der Waals surface area (Å²) >= 11 is 1.73. The number of ether oxygens (including phenoxy) is 1. The molecule has 1 amide bonds. The number of anilines is 2. The van der Waals surface area contributed by atoms with Gasteiger partial charge in [0.2, 0.25) is 5.91 Å². The quantitative estimate of drug-likeness (QED) is 0.249. The average Bonchev–Trinajstić information content (AvgIpc) is 2.92. The van der Waals surface area contributed by atoms with Crippen LogP contribution in [0.1, 0.15) is 11.1 Å². The topological polar surface area (TPSA) is 75.7 Å². The summed E-state index contributed by atoms with van der Waals surface area (Å²) in [6.45, 7) is 1.50. The van der Waals surface area contributed by atoms with Gasteiger partial charge in [0.25, 0.3) is 10.0 Å². The minimum absolute atomic E-state index is 0.113. The van der Waals surface area contributed by atoms with Gasteiger partial charge in [0.15, 0.2) is 0 Å². The molecule has 1 N–H and O–H groups in total. The predicted octanol–water partition coefficient (Wildman–Crippen LogP) is 6.13. The molecule has 4 aromatic rings. The smallest absolute Gasteiger partial charge is 0.264 e. The maximum Gasteiger partial charge on any atom is 0.264 e. The first-order valence-electron chi connectivity index (χ1n) is 11.7. The Hall–Kier alpha value is -3.75. The summed E-state index contributed by atoms with van der Waals surface area (Å²) in [6, 6.07) is 30.8. The number of hydrogen-bond donors (Lipinski definition) is 1. The molecule has 37 heavy (non-hydrogen) atoms. The third-order valence-electron chi connectivity index (χ3n) is 5.64. The van der Waals surface area contributed by atoms with Gasteiger partial charge in [-0.15, -0.1) is 11.8 Å². The van der Waals surface area contributed by atoms with Gasteiger partial charge in [-0.05, 0) is 73.2 Å². The van der Waals surface area contributed by atoms with E-state index in [-0.39, 0.29) is 11.4 Å². The summed E-state index contributed by atoms with van der Waals surface area (Å²) in [5, 5.41) is 2.82. The van der Waals surface area contributed by atoms with Crippen molar-refractivity contribution in [3.63, 3.8) is 0 Å². The number of methoxy groups -OCH3 is 1. The number of carbonyl (C=O) groups is 1. The van der Waals surface area contributed by atoms with Crippen LogP contribution in [0.2, 0.25) is 0 Å². The van der Waals surface area contributed by atoms with E-state index in [9.17, 15) is 13.2 Å². The second kappa shape index (κ2) is 12.0. The van der Waals surface area contributed by atoms with E-state index in [4.69, 9.17) is 4.74 Å². The maximum atomic E-state index is 13.5. The number of amides is 1. The van der Waals surface area contributed by atoms with Crippen molar-refractivity contribution in [1.82, 2.24) is 0 Å². The van der Waals surface area contributed by atoms with Gasteiger partial charge in [-0.25, -0.2) is 8.42 Å². The SMILES string of the molecule is COc1ccc(N(CC(=O)Nc2ccc(CSc3ccccc3)cc2)S(=O)(=O)c2ccc(C)cc2)cc1. The lowest BCUT2D eigenvalue weighted by Crippen LogP contribution is -2.38. The number of rotatable bonds is 10. The van der Waals surface area contributed by atoms with Crippen molar-refractivity contribution in [2.75, 3.05) is 23.3 Å². The number of aryl methyl sites for hydroxylation is 1. The molecule has 6 nitrogen and oxygen atoms in total. The first kappa shape index (κ1) is 26.3. The highest BCUT2D eigenvalue weighted by Crippen LogP contribution is 2.27. The standard InChI is InChI=1S/C29H28N2O4S2/c1-22-8-18-28(19-9-22)37(33,34)31(25-14-16-26(35-2)17-15-25)20-29(32)30-24-12-10-23(11-13-24)21-36-27-6-4-3-5-7-27/h3-19H,20-21H2,1-2H3,(H,30,32). The van der Waals surface area contributed by atoms with Crippen molar-refractivity contribution in [3.05, 3.63) is 114 Å². The van der Waals surface area contributed by atoms with E-state index in [1.807, 2.05) is 49.4 Å².